The molecule has 0 spiro atoms. The number of pyridine rings is 1. The highest BCUT2D eigenvalue weighted by molar-refractivity contribution is 5.82. The molecular weight excluding hydrogens is 216 g/mol. The van der Waals surface area contributed by atoms with Crippen LogP contribution < -0.4 is 5.73 Å². The Morgan fingerprint density at radius 2 is 2.12 bits per heavy atom. The summed E-state index contributed by atoms with van der Waals surface area (Å²) in [5.41, 5.74) is 7.19. The quantitative estimate of drug-likeness (QED) is 0.720. The number of benzene rings is 1. The van der Waals surface area contributed by atoms with Crippen LogP contribution in [-0.4, -0.2) is 15.1 Å². The second-order valence-electron chi connectivity index (χ2n) is 3.63. The van der Waals surface area contributed by atoms with Crippen LogP contribution in [0.25, 0.3) is 22.3 Å². The zero-order chi connectivity index (χ0) is 11.7. The Hall–Kier alpha value is -2.27. The average molecular weight is 226 g/mol. The molecule has 2 heterocycles. The lowest BCUT2D eigenvalue weighted by Crippen LogP contribution is -1.95. The molecule has 0 radical (unpaired) electrons. The largest absolute Gasteiger partial charge is 0.338 e. The number of aromatic nitrogens is 3. The molecular formula is C12H10N4O. The van der Waals surface area contributed by atoms with Gasteiger partial charge in [-0.15, -0.1) is 0 Å². The standard InChI is InChI=1S/C12H10N4O/c13-6-11-15-12(16-17-11)9-5-8-3-1-2-4-10(8)14-7-9/h1-5,7H,6,13H2. The summed E-state index contributed by atoms with van der Waals surface area (Å²) in [6, 6.07) is 9.86. The highest BCUT2D eigenvalue weighted by Gasteiger charge is 2.08. The summed E-state index contributed by atoms with van der Waals surface area (Å²) >= 11 is 0. The third-order valence-electron chi connectivity index (χ3n) is 2.49. The van der Waals surface area contributed by atoms with E-state index in [1.54, 1.807) is 6.20 Å². The predicted octanol–water partition coefficient (Wildman–Crippen LogP) is 1.74. The minimum atomic E-state index is 0.244. The molecule has 0 unspecified atom stereocenters. The van der Waals surface area contributed by atoms with Crippen molar-refractivity contribution in [2.75, 3.05) is 0 Å². The molecule has 2 N–H and O–H groups in total. The highest BCUT2D eigenvalue weighted by Crippen LogP contribution is 2.19. The summed E-state index contributed by atoms with van der Waals surface area (Å²) < 4.78 is 4.97. The van der Waals surface area contributed by atoms with E-state index < -0.39 is 0 Å². The molecule has 0 aliphatic carbocycles. The van der Waals surface area contributed by atoms with Gasteiger partial charge < -0.3 is 10.3 Å². The minimum absolute atomic E-state index is 0.244. The summed E-state index contributed by atoms with van der Waals surface area (Å²) in [6.45, 7) is 0.244. The Kier molecular flexibility index (Phi) is 2.31. The van der Waals surface area contributed by atoms with Gasteiger partial charge in [0, 0.05) is 17.1 Å². The van der Waals surface area contributed by atoms with Crippen molar-refractivity contribution in [2.45, 2.75) is 6.54 Å². The van der Waals surface area contributed by atoms with E-state index >= 15 is 0 Å². The Balaban J connectivity index is 2.11. The normalized spacial score (nSPS) is 10.9. The predicted molar refractivity (Wildman–Crippen MR) is 62.9 cm³/mol. The summed E-state index contributed by atoms with van der Waals surface area (Å²) in [7, 11) is 0. The molecule has 17 heavy (non-hydrogen) atoms. The molecule has 0 aliphatic rings. The molecule has 5 heteroatoms. The van der Waals surface area contributed by atoms with Crippen LogP contribution in [0.5, 0.6) is 0 Å². The number of hydrogen-bond acceptors (Lipinski definition) is 5. The molecule has 0 bridgehead atoms. The van der Waals surface area contributed by atoms with Gasteiger partial charge in [0.05, 0.1) is 12.1 Å². The van der Waals surface area contributed by atoms with E-state index in [1.165, 1.54) is 0 Å². The van der Waals surface area contributed by atoms with Crippen molar-refractivity contribution in [3.63, 3.8) is 0 Å². The zero-order valence-electron chi connectivity index (χ0n) is 9.00. The van der Waals surface area contributed by atoms with Crippen molar-refractivity contribution in [3.8, 4) is 11.4 Å². The fraction of sp³-hybridized carbons (Fsp3) is 0.0833. The Labute approximate surface area is 97.3 Å². The molecule has 0 aliphatic heterocycles. The average Bonchev–Trinajstić information content (AvgIpc) is 2.87. The molecule has 0 saturated heterocycles. The van der Waals surface area contributed by atoms with Crippen LogP contribution >= 0.6 is 0 Å². The van der Waals surface area contributed by atoms with Gasteiger partial charge in [-0.3, -0.25) is 4.98 Å². The smallest absolute Gasteiger partial charge is 0.240 e. The van der Waals surface area contributed by atoms with Crippen LogP contribution in [0.2, 0.25) is 0 Å². The lowest BCUT2D eigenvalue weighted by Gasteiger charge is -1.98. The number of hydrogen-bond donors (Lipinski definition) is 1. The Bertz CT molecular complexity index is 662. The van der Waals surface area contributed by atoms with Crippen molar-refractivity contribution in [3.05, 3.63) is 42.4 Å². The third kappa shape index (κ3) is 1.76. The first kappa shape index (κ1) is 9.92. The fourth-order valence-electron chi connectivity index (χ4n) is 1.65. The van der Waals surface area contributed by atoms with Crippen molar-refractivity contribution in [2.24, 2.45) is 5.73 Å². The van der Waals surface area contributed by atoms with Crippen LogP contribution in [0.15, 0.2) is 41.1 Å². The van der Waals surface area contributed by atoms with Crippen molar-refractivity contribution >= 4 is 10.9 Å². The van der Waals surface area contributed by atoms with Crippen molar-refractivity contribution in [1.29, 1.82) is 0 Å². The fourth-order valence-corrected chi connectivity index (χ4v) is 1.65. The van der Waals surface area contributed by atoms with Crippen LogP contribution in [-0.2, 0) is 6.54 Å². The van der Waals surface area contributed by atoms with Crippen LogP contribution in [0.1, 0.15) is 5.89 Å². The highest BCUT2D eigenvalue weighted by atomic mass is 16.5. The molecule has 84 valence electrons. The van der Waals surface area contributed by atoms with Gasteiger partial charge in [0.25, 0.3) is 0 Å². The summed E-state index contributed by atoms with van der Waals surface area (Å²) in [5, 5.41) is 4.90. The topological polar surface area (TPSA) is 77.8 Å². The van der Waals surface area contributed by atoms with Gasteiger partial charge in [0.1, 0.15) is 0 Å². The van der Waals surface area contributed by atoms with Crippen molar-refractivity contribution < 1.29 is 4.52 Å². The monoisotopic (exact) mass is 226 g/mol. The van der Waals surface area contributed by atoms with Crippen LogP contribution in [0.4, 0.5) is 0 Å². The molecule has 3 aromatic rings. The van der Waals surface area contributed by atoms with Gasteiger partial charge in [-0.25, -0.2) is 0 Å². The Morgan fingerprint density at radius 3 is 2.94 bits per heavy atom. The molecule has 1 aromatic carbocycles. The van der Waals surface area contributed by atoms with Crippen LogP contribution in [0, 0.1) is 0 Å². The second-order valence-corrected chi connectivity index (χ2v) is 3.63. The SMILES string of the molecule is NCc1nc(-c2cnc3ccccc3c2)no1. The lowest BCUT2D eigenvalue weighted by molar-refractivity contribution is 0.380. The first-order valence-electron chi connectivity index (χ1n) is 5.24. The molecule has 3 rings (SSSR count). The van der Waals surface area contributed by atoms with Gasteiger partial charge >= 0.3 is 0 Å². The van der Waals surface area contributed by atoms with E-state index in [-0.39, 0.29) is 6.54 Å². The first-order valence-corrected chi connectivity index (χ1v) is 5.24. The molecule has 0 amide bonds. The van der Waals surface area contributed by atoms with Gasteiger partial charge in [0.15, 0.2) is 0 Å². The number of para-hydroxylation sites is 1. The number of nitrogens with zero attached hydrogens (tertiary/aromatic N) is 3. The van der Waals surface area contributed by atoms with Gasteiger partial charge in [-0.1, -0.05) is 23.4 Å². The maximum absolute atomic E-state index is 5.42. The summed E-state index contributed by atoms with van der Waals surface area (Å²) in [5.74, 6) is 0.942. The molecule has 0 fully saturated rings. The number of nitrogens with two attached hydrogens (primary N) is 1. The summed E-state index contributed by atoms with van der Waals surface area (Å²) in [6.07, 6.45) is 1.73. The van der Waals surface area contributed by atoms with Crippen molar-refractivity contribution in [1.82, 2.24) is 15.1 Å². The van der Waals surface area contributed by atoms with E-state index in [0.717, 1.165) is 16.5 Å². The number of fused-ring (bicyclic) bond motifs is 1. The second kappa shape index (κ2) is 3.95. The number of rotatable bonds is 2. The summed E-state index contributed by atoms with van der Waals surface area (Å²) in [4.78, 5) is 8.50. The maximum atomic E-state index is 5.42. The van der Waals surface area contributed by atoms with Gasteiger partial charge in [0.2, 0.25) is 11.7 Å². The lowest BCUT2D eigenvalue weighted by atomic mass is 10.1. The molecule has 0 atom stereocenters. The van der Waals surface area contributed by atoms with Crippen LogP contribution in [0.3, 0.4) is 0 Å². The van der Waals surface area contributed by atoms with E-state index in [0.29, 0.717) is 11.7 Å². The minimum Gasteiger partial charge on any atom is -0.338 e. The molecule has 2 aromatic heterocycles. The first-order chi connectivity index (χ1) is 8.36. The van der Waals surface area contributed by atoms with Gasteiger partial charge in [-0.2, -0.15) is 4.98 Å². The molecule has 0 saturated carbocycles. The molecule has 5 nitrogen and oxygen atoms in total. The zero-order valence-corrected chi connectivity index (χ0v) is 9.00. The van der Waals surface area contributed by atoms with E-state index in [2.05, 4.69) is 15.1 Å². The van der Waals surface area contributed by atoms with E-state index in [9.17, 15) is 0 Å². The maximum Gasteiger partial charge on any atom is 0.240 e. The van der Waals surface area contributed by atoms with Gasteiger partial charge in [-0.05, 0) is 12.1 Å². The van der Waals surface area contributed by atoms with E-state index in [4.69, 9.17) is 10.3 Å². The third-order valence-corrected chi connectivity index (χ3v) is 2.49. The van der Waals surface area contributed by atoms with E-state index in [1.807, 2.05) is 30.3 Å². The Morgan fingerprint density at radius 1 is 1.24 bits per heavy atom.